The van der Waals surface area contributed by atoms with E-state index >= 15 is 4.39 Å². The monoisotopic (exact) mass is 615 g/mol. The molecule has 226 valence electrons. The van der Waals surface area contributed by atoms with E-state index in [-0.39, 0.29) is 44.5 Å². The molecule has 1 aromatic carbocycles. The Balaban J connectivity index is 1.39. The van der Waals surface area contributed by atoms with Crippen molar-refractivity contribution in [3.05, 3.63) is 62.7 Å². The molecule has 2 N–H and O–H groups in total. The van der Waals surface area contributed by atoms with Crippen LogP contribution in [0.3, 0.4) is 0 Å². The number of fused-ring (bicyclic) bond motifs is 2. The van der Waals surface area contributed by atoms with Crippen molar-refractivity contribution in [3.63, 3.8) is 0 Å². The van der Waals surface area contributed by atoms with E-state index in [2.05, 4.69) is 20.2 Å². The van der Waals surface area contributed by atoms with E-state index in [1.165, 1.54) is 34.4 Å². The number of piperazine rings is 1. The number of hydrogen-bond donors (Lipinski definition) is 2. The van der Waals surface area contributed by atoms with E-state index in [9.17, 15) is 23.5 Å². The van der Waals surface area contributed by atoms with Gasteiger partial charge >= 0.3 is 0 Å². The third kappa shape index (κ3) is 4.99. The van der Waals surface area contributed by atoms with Gasteiger partial charge < -0.3 is 24.8 Å². The highest BCUT2D eigenvalue weighted by atomic mass is 35.5. The minimum absolute atomic E-state index is 0.0150. The van der Waals surface area contributed by atoms with Gasteiger partial charge in [0.2, 0.25) is 17.7 Å². The van der Waals surface area contributed by atoms with Gasteiger partial charge in [-0.25, -0.2) is 14.4 Å². The number of nitrogens with one attached hydrogen (secondary N) is 1. The van der Waals surface area contributed by atoms with E-state index in [0.29, 0.717) is 37.6 Å². The zero-order chi connectivity index (χ0) is 30.7. The number of benzene rings is 1. The number of aromatic nitrogens is 4. The SMILES string of the molecule is Cc1cc(-c2cn(CC(=O)Nc3cc(N4CCN(C)C[C@@H]4C)nc(F)c3Cl)c3nc4n(c(=O)c23)CCC4)c(F)c(F)c1O. The van der Waals surface area contributed by atoms with Crippen molar-refractivity contribution in [1.29, 1.82) is 0 Å². The van der Waals surface area contributed by atoms with Gasteiger partial charge in [-0.1, -0.05) is 11.6 Å². The molecule has 2 aliphatic rings. The second-order valence-electron chi connectivity index (χ2n) is 11.2. The molecule has 10 nitrogen and oxygen atoms in total. The van der Waals surface area contributed by atoms with Crippen molar-refractivity contribution in [2.45, 2.75) is 45.8 Å². The van der Waals surface area contributed by atoms with Gasteiger partial charge in [0, 0.05) is 62.0 Å². The summed E-state index contributed by atoms with van der Waals surface area (Å²) in [5.41, 5.74) is -0.453. The molecule has 5 heterocycles. The lowest BCUT2D eigenvalue weighted by Gasteiger charge is -2.39. The maximum atomic E-state index is 15.1. The van der Waals surface area contributed by atoms with E-state index in [1.807, 2.05) is 18.9 Å². The molecule has 1 saturated heterocycles. The van der Waals surface area contributed by atoms with Crippen LogP contribution in [0, 0.1) is 24.5 Å². The number of phenols is 1. The molecule has 0 bridgehead atoms. The number of rotatable bonds is 5. The summed E-state index contributed by atoms with van der Waals surface area (Å²) in [6.45, 7) is 5.54. The largest absolute Gasteiger partial charge is 0.505 e. The predicted molar refractivity (Wildman–Crippen MR) is 156 cm³/mol. The summed E-state index contributed by atoms with van der Waals surface area (Å²) >= 11 is 6.19. The Bertz CT molecular complexity index is 1860. The van der Waals surface area contributed by atoms with Crippen molar-refractivity contribution in [1.82, 2.24) is 24.0 Å². The van der Waals surface area contributed by atoms with Crippen molar-refractivity contribution in [2.24, 2.45) is 0 Å². The Kier molecular flexibility index (Phi) is 7.33. The first kappa shape index (κ1) is 29.0. The summed E-state index contributed by atoms with van der Waals surface area (Å²) in [6.07, 6.45) is 2.58. The fraction of sp³-hybridized carbons (Fsp3) is 0.379. The van der Waals surface area contributed by atoms with Gasteiger partial charge in [-0.3, -0.25) is 14.2 Å². The van der Waals surface area contributed by atoms with E-state index in [0.717, 1.165) is 13.1 Å². The molecule has 0 radical (unpaired) electrons. The van der Waals surface area contributed by atoms with Crippen LogP contribution in [0.25, 0.3) is 22.2 Å². The summed E-state index contributed by atoms with van der Waals surface area (Å²) in [4.78, 5) is 39.6. The molecule has 4 aromatic rings. The molecule has 6 rings (SSSR count). The maximum Gasteiger partial charge on any atom is 0.263 e. The molecule has 43 heavy (non-hydrogen) atoms. The summed E-state index contributed by atoms with van der Waals surface area (Å²) in [7, 11) is 2.00. The lowest BCUT2D eigenvalue weighted by atomic mass is 10.0. The van der Waals surface area contributed by atoms with Crippen LogP contribution in [0.4, 0.5) is 24.7 Å². The van der Waals surface area contributed by atoms with Crippen LogP contribution < -0.4 is 15.8 Å². The summed E-state index contributed by atoms with van der Waals surface area (Å²) in [6, 6.07) is 2.80. The van der Waals surface area contributed by atoms with Crippen LogP contribution >= 0.6 is 11.6 Å². The van der Waals surface area contributed by atoms with Crippen LogP contribution in [0.1, 0.15) is 24.7 Å². The van der Waals surface area contributed by atoms with E-state index < -0.39 is 41.3 Å². The quantitative estimate of drug-likeness (QED) is 0.326. The molecule has 1 atom stereocenters. The zero-order valence-corrected chi connectivity index (χ0v) is 24.5. The number of pyridine rings is 1. The standard InChI is InChI=1S/C29H29ClF3N7O3/c1-14-9-16(24(31)25(32)26(14)42)17-12-38(28-22(17)29(43)40-6-4-5-19(40)36-28)13-21(41)34-18-10-20(35-27(33)23(18)30)39-8-7-37(3)11-15(39)2/h9-10,12,15,42H,4-8,11,13H2,1-3H3,(H,34,35,41)/t15-/m0/s1. The molecule has 0 aliphatic carbocycles. The third-order valence-electron chi connectivity index (χ3n) is 8.12. The van der Waals surface area contributed by atoms with E-state index in [4.69, 9.17) is 11.6 Å². The second-order valence-corrected chi connectivity index (χ2v) is 11.5. The van der Waals surface area contributed by atoms with Crippen molar-refractivity contribution < 1.29 is 23.1 Å². The second kappa shape index (κ2) is 10.9. The number of nitrogens with zero attached hydrogens (tertiary/aromatic N) is 6. The Hall–Kier alpha value is -4.10. The van der Waals surface area contributed by atoms with Crippen molar-refractivity contribution in [2.75, 3.05) is 36.9 Å². The number of anilines is 2. The molecule has 2 aliphatic heterocycles. The van der Waals surface area contributed by atoms with Crippen LogP contribution in [-0.2, 0) is 24.3 Å². The number of likely N-dealkylation sites (N-methyl/N-ethyl adjacent to an activating group) is 1. The van der Waals surface area contributed by atoms with Crippen LogP contribution in [0.15, 0.2) is 23.1 Å². The van der Waals surface area contributed by atoms with Gasteiger partial charge in [0.05, 0.1) is 11.1 Å². The summed E-state index contributed by atoms with van der Waals surface area (Å²) < 4.78 is 47.3. The highest BCUT2D eigenvalue weighted by Gasteiger charge is 2.28. The van der Waals surface area contributed by atoms with Gasteiger partial charge in [-0.05, 0) is 38.9 Å². The number of amides is 1. The number of aromatic hydroxyl groups is 1. The lowest BCUT2D eigenvalue weighted by Crippen LogP contribution is -2.50. The number of halogens is 4. The molecule has 14 heteroatoms. The van der Waals surface area contributed by atoms with Crippen molar-refractivity contribution >= 4 is 40.0 Å². The smallest absolute Gasteiger partial charge is 0.263 e. The minimum atomic E-state index is -1.44. The molecule has 3 aromatic heterocycles. The molecule has 0 saturated carbocycles. The molecular formula is C29H29ClF3N7O3. The first-order valence-electron chi connectivity index (χ1n) is 13.9. The van der Waals surface area contributed by atoms with Gasteiger partial charge in [0.1, 0.15) is 28.9 Å². The molecule has 1 amide bonds. The lowest BCUT2D eigenvalue weighted by molar-refractivity contribution is -0.116. The number of phenolic OH excluding ortho intramolecular Hbond substituents is 1. The van der Waals surface area contributed by atoms with E-state index in [1.54, 1.807) is 0 Å². The summed E-state index contributed by atoms with van der Waals surface area (Å²) in [5.74, 6) is -4.31. The third-order valence-corrected chi connectivity index (χ3v) is 8.48. The zero-order valence-electron chi connectivity index (χ0n) is 23.7. The average molecular weight is 616 g/mol. The first-order valence-corrected chi connectivity index (χ1v) is 14.2. The Morgan fingerprint density at radius 2 is 1.91 bits per heavy atom. The molecule has 0 unspecified atom stereocenters. The normalized spacial score (nSPS) is 17.1. The van der Waals surface area contributed by atoms with Gasteiger partial charge in [0.25, 0.3) is 5.56 Å². The molecule has 0 spiro atoms. The minimum Gasteiger partial charge on any atom is -0.505 e. The van der Waals surface area contributed by atoms with Crippen LogP contribution in [0.2, 0.25) is 5.02 Å². The fourth-order valence-electron chi connectivity index (χ4n) is 5.94. The number of carbonyl (C=O) groups is 1. The van der Waals surface area contributed by atoms with Gasteiger partial charge in [0.15, 0.2) is 11.6 Å². The number of hydrogen-bond acceptors (Lipinski definition) is 7. The van der Waals surface area contributed by atoms with Gasteiger partial charge in [-0.15, -0.1) is 0 Å². The Labute approximate surface area is 249 Å². The Morgan fingerprint density at radius 3 is 2.65 bits per heavy atom. The topological polar surface area (TPSA) is 109 Å². The number of carbonyl (C=O) groups excluding carboxylic acids is 1. The van der Waals surface area contributed by atoms with Crippen LogP contribution in [0.5, 0.6) is 5.75 Å². The van der Waals surface area contributed by atoms with Crippen LogP contribution in [-0.4, -0.2) is 67.7 Å². The molecule has 1 fully saturated rings. The maximum absolute atomic E-state index is 15.1. The average Bonchev–Trinajstić information content (AvgIpc) is 3.57. The fourth-order valence-corrected chi connectivity index (χ4v) is 6.08. The highest BCUT2D eigenvalue weighted by molar-refractivity contribution is 6.33. The van der Waals surface area contributed by atoms with Crippen molar-refractivity contribution in [3.8, 4) is 16.9 Å². The van der Waals surface area contributed by atoms with Gasteiger partial charge in [-0.2, -0.15) is 8.78 Å². The Morgan fingerprint density at radius 1 is 1.14 bits per heavy atom. The number of aryl methyl sites for hydroxylation is 2. The first-order chi connectivity index (χ1) is 20.4. The highest BCUT2D eigenvalue weighted by Crippen LogP contribution is 2.36. The predicted octanol–water partition coefficient (Wildman–Crippen LogP) is 4.07. The molecular weight excluding hydrogens is 587 g/mol. The summed E-state index contributed by atoms with van der Waals surface area (Å²) in [5, 5.41) is 12.2.